The molecule has 16 heavy (non-hydrogen) atoms. The summed E-state index contributed by atoms with van der Waals surface area (Å²) in [6.45, 7) is 4.03. The van der Waals surface area contributed by atoms with E-state index in [1.54, 1.807) is 11.9 Å². The summed E-state index contributed by atoms with van der Waals surface area (Å²) in [6.07, 6.45) is 0. The lowest BCUT2D eigenvalue weighted by molar-refractivity contribution is 0.415. The number of aromatic nitrogens is 4. The third kappa shape index (κ3) is 2.03. The van der Waals surface area contributed by atoms with Crippen LogP contribution in [0.15, 0.2) is 24.3 Å². The molecule has 0 bridgehead atoms. The predicted molar refractivity (Wildman–Crippen MR) is 60.2 cm³/mol. The minimum absolute atomic E-state index is 0.222. The normalized spacial score (nSPS) is 10.8. The van der Waals surface area contributed by atoms with Crippen molar-refractivity contribution in [2.24, 2.45) is 0 Å². The fraction of sp³-hybridized carbons (Fsp3) is 0.364. The quantitative estimate of drug-likeness (QED) is 0.789. The van der Waals surface area contributed by atoms with E-state index in [4.69, 9.17) is 4.74 Å². The van der Waals surface area contributed by atoms with Crippen molar-refractivity contribution in [2.45, 2.75) is 19.9 Å². The van der Waals surface area contributed by atoms with E-state index in [1.165, 1.54) is 0 Å². The fourth-order valence-electron chi connectivity index (χ4n) is 1.30. The van der Waals surface area contributed by atoms with Gasteiger partial charge in [-0.15, -0.1) is 10.2 Å². The molecule has 0 saturated carbocycles. The zero-order valence-corrected chi connectivity index (χ0v) is 9.58. The fourth-order valence-corrected chi connectivity index (χ4v) is 1.30. The number of hydrogen-bond acceptors (Lipinski definition) is 4. The highest BCUT2D eigenvalue weighted by Crippen LogP contribution is 2.18. The standard InChI is InChI=1S/C11H14N4O/c1-8(2)15-13-11(12-14-15)9-4-6-10(16-3)7-5-9/h4-8H,1-3H3. The zero-order valence-electron chi connectivity index (χ0n) is 9.58. The Balaban J connectivity index is 2.28. The van der Waals surface area contributed by atoms with Gasteiger partial charge < -0.3 is 4.74 Å². The molecule has 0 aliphatic heterocycles. The Morgan fingerprint density at radius 3 is 2.38 bits per heavy atom. The molecule has 2 rings (SSSR count). The van der Waals surface area contributed by atoms with Gasteiger partial charge >= 0.3 is 0 Å². The van der Waals surface area contributed by atoms with Crippen LogP contribution in [0.1, 0.15) is 19.9 Å². The molecule has 1 heterocycles. The first-order valence-electron chi connectivity index (χ1n) is 5.14. The molecule has 0 fully saturated rings. The van der Waals surface area contributed by atoms with Crippen LogP contribution >= 0.6 is 0 Å². The first-order valence-corrected chi connectivity index (χ1v) is 5.14. The number of rotatable bonds is 3. The minimum Gasteiger partial charge on any atom is -0.497 e. The number of nitrogens with zero attached hydrogens (tertiary/aromatic N) is 4. The maximum absolute atomic E-state index is 5.09. The highest BCUT2D eigenvalue weighted by atomic mass is 16.5. The summed E-state index contributed by atoms with van der Waals surface area (Å²) >= 11 is 0. The van der Waals surface area contributed by atoms with Crippen LogP contribution in [-0.4, -0.2) is 27.3 Å². The van der Waals surface area contributed by atoms with E-state index >= 15 is 0 Å². The molecular formula is C11H14N4O. The van der Waals surface area contributed by atoms with Crippen molar-refractivity contribution in [3.8, 4) is 17.1 Å². The number of methoxy groups -OCH3 is 1. The van der Waals surface area contributed by atoms with E-state index in [-0.39, 0.29) is 6.04 Å². The van der Waals surface area contributed by atoms with Crippen molar-refractivity contribution in [3.63, 3.8) is 0 Å². The van der Waals surface area contributed by atoms with Crippen LogP contribution in [0.25, 0.3) is 11.4 Å². The maximum atomic E-state index is 5.09. The summed E-state index contributed by atoms with van der Waals surface area (Å²) in [5.74, 6) is 1.45. The molecule has 0 aliphatic carbocycles. The average molecular weight is 218 g/mol. The highest BCUT2D eigenvalue weighted by Gasteiger charge is 2.07. The monoisotopic (exact) mass is 218 g/mol. The molecule has 0 spiro atoms. The predicted octanol–water partition coefficient (Wildman–Crippen LogP) is 1.93. The van der Waals surface area contributed by atoms with Crippen molar-refractivity contribution < 1.29 is 4.74 Å². The third-order valence-electron chi connectivity index (χ3n) is 2.24. The maximum Gasteiger partial charge on any atom is 0.204 e. The van der Waals surface area contributed by atoms with Crippen LogP contribution in [0.3, 0.4) is 0 Å². The Labute approximate surface area is 94.0 Å². The summed E-state index contributed by atoms with van der Waals surface area (Å²) in [5.41, 5.74) is 0.938. The van der Waals surface area contributed by atoms with Crippen molar-refractivity contribution in [2.75, 3.05) is 7.11 Å². The number of hydrogen-bond donors (Lipinski definition) is 0. The van der Waals surface area contributed by atoms with E-state index < -0.39 is 0 Å². The van der Waals surface area contributed by atoms with Gasteiger partial charge in [-0.2, -0.15) is 4.80 Å². The molecule has 0 N–H and O–H groups in total. The lowest BCUT2D eigenvalue weighted by Gasteiger charge is -2.00. The van der Waals surface area contributed by atoms with Gasteiger partial charge in [0.2, 0.25) is 5.82 Å². The Hall–Kier alpha value is -1.91. The highest BCUT2D eigenvalue weighted by molar-refractivity contribution is 5.55. The Bertz CT molecular complexity index is 461. The summed E-state index contributed by atoms with van der Waals surface area (Å²) in [4.78, 5) is 1.60. The van der Waals surface area contributed by atoms with Gasteiger partial charge in [-0.05, 0) is 43.3 Å². The first kappa shape index (κ1) is 10.6. The molecule has 0 atom stereocenters. The summed E-state index contributed by atoms with van der Waals surface area (Å²) in [6, 6.07) is 7.82. The van der Waals surface area contributed by atoms with Crippen molar-refractivity contribution in [1.29, 1.82) is 0 Å². The number of tetrazole rings is 1. The molecule has 0 unspecified atom stereocenters. The Morgan fingerprint density at radius 1 is 1.19 bits per heavy atom. The zero-order chi connectivity index (χ0) is 11.5. The van der Waals surface area contributed by atoms with Gasteiger partial charge in [0.15, 0.2) is 0 Å². The lowest BCUT2D eigenvalue weighted by atomic mass is 10.2. The van der Waals surface area contributed by atoms with Gasteiger partial charge in [0, 0.05) is 5.56 Å². The second-order valence-electron chi connectivity index (χ2n) is 3.76. The van der Waals surface area contributed by atoms with Gasteiger partial charge in [-0.3, -0.25) is 0 Å². The number of benzene rings is 1. The summed E-state index contributed by atoms with van der Waals surface area (Å²) in [7, 11) is 1.64. The van der Waals surface area contributed by atoms with Crippen LogP contribution in [0.2, 0.25) is 0 Å². The van der Waals surface area contributed by atoms with Crippen LogP contribution in [0.4, 0.5) is 0 Å². The lowest BCUT2D eigenvalue weighted by Crippen LogP contribution is -2.04. The molecule has 0 radical (unpaired) electrons. The second kappa shape index (κ2) is 4.30. The SMILES string of the molecule is COc1ccc(-c2nnn(C(C)C)n2)cc1. The number of ether oxygens (including phenoxy) is 1. The van der Waals surface area contributed by atoms with Gasteiger partial charge in [0.1, 0.15) is 5.75 Å². The molecule has 0 amide bonds. The van der Waals surface area contributed by atoms with Crippen LogP contribution in [-0.2, 0) is 0 Å². The molecule has 84 valence electrons. The van der Waals surface area contributed by atoms with Crippen LogP contribution < -0.4 is 4.74 Å². The van der Waals surface area contributed by atoms with Crippen molar-refractivity contribution in [3.05, 3.63) is 24.3 Å². The molecule has 0 saturated heterocycles. The Kier molecular flexibility index (Phi) is 2.85. The largest absolute Gasteiger partial charge is 0.497 e. The Morgan fingerprint density at radius 2 is 1.88 bits per heavy atom. The van der Waals surface area contributed by atoms with Gasteiger partial charge in [0.25, 0.3) is 0 Å². The minimum atomic E-state index is 0.222. The summed E-state index contributed by atoms with van der Waals surface area (Å²) < 4.78 is 5.09. The smallest absolute Gasteiger partial charge is 0.204 e. The van der Waals surface area contributed by atoms with Gasteiger partial charge in [0.05, 0.1) is 13.2 Å². The third-order valence-corrected chi connectivity index (χ3v) is 2.24. The molecule has 5 heteroatoms. The van der Waals surface area contributed by atoms with Crippen molar-refractivity contribution >= 4 is 0 Å². The molecule has 0 aliphatic rings. The molecule has 1 aromatic heterocycles. The van der Waals surface area contributed by atoms with E-state index in [0.717, 1.165) is 11.3 Å². The van der Waals surface area contributed by atoms with E-state index in [9.17, 15) is 0 Å². The van der Waals surface area contributed by atoms with Gasteiger partial charge in [-0.1, -0.05) is 0 Å². The summed E-state index contributed by atoms with van der Waals surface area (Å²) in [5, 5.41) is 12.3. The van der Waals surface area contributed by atoms with Crippen LogP contribution in [0.5, 0.6) is 5.75 Å². The average Bonchev–Trinajstić information content (AvgIpc) is 2.78. The van der Waals surface area contributed by atoms with E-state index in [2.05, 4.69) is 15.4 Å². The van der Waals surface area contributed by atoms with E-state index in [1.807, 2.05) is 38.1 Å². The van der Waals surface area contributed by atoms with Crippen LogP contribution in [0, 0.1) is 0 Å². The molecule has 1 aromatic carbocycles. The van der Waals surface area contributed by atoms with E-state index in [0.29, 0.717) is 5.82 Å². The van der Waals surface area contributed by atoms with Crippen molar-refractivity contribution in [1.82, 2.24) is 20.2 Å². The van der Waals surface area contributed by atoms with Gasteiger partial charge in [-0.25, -0.2) is 0 Å². The topological polar surface area (TPSA) is 52.8 Å². The second-order valence-corrected chi connectivity index (χ2v) is 3.76. The molecular weight excluding hydrogens is 204 g/mol. The molecule has 5 nitrogen and oxygen atoms in total. The molecule has 2 aromatic rings. The first-order chi connectivity index (χ1) is 7.70.